The number of aromatic nitrogens is 2. The summed E-state index contributed by atoms with van der Waals surface area (Å²) in [6.45, 7) is 3.66. The van der Waals surface area contributed by atoms with E-state index in [0.29, 0.717) is 5.69 Å². The van der Waals surface area contributed by atoms with Gasteiger partial charge in [-0.2, -0.15) is 5.10 Å². The Balaban J connectivity index is 2.38. The fourth-order valence-electron chi connectivity index (χ4n) is 2.54. The number of rotatable bonds is 7. The molecule has 0 aliphatic rings. The number of hydrogen-bond acceptors (Lipinski definition) is 5. The molecule has 9 heteroatoms. The first kappa shape index (κ1) is 18.7. The van der Waals surface area contributed by atoms with Crippen molar-refractivity contribution in [2.24, 2.45) is 0 Å². The van der Waals surface area contributed by atoms with Gasteiger partial charge in [0.25, 0.3) is 0 Å². The average molecular weight is 365 g/mol. The summed E-state index contributed by atoms with van der Waals surface area (Å²) in [5.41, 5.74) is 2.20. The number of carbonyl (C=O) groups is 2. The average Bonchev–Trinajstić information content (AvgIpc) is 2.96. The van der Waals surface area contributed by atoms with Crippen LogP contribution < -0.4 is 4.90 Å². The summed E-state index contributed by atoms with van der Waals surface area (Å²) in [7, 11) is -4.06. The molecule has 0 aliphatic heterocycles. The van der Waals surface area contributed by atoms with E-state index in [2.05, 4.69) is 5.10 Å². The van der Waals surface area contributed by atoms with Gasteiger partial charge in [-0.25, -0.2) is 8.42 Å². The highest BCUT2D eigenvalue weighted by atomic mass is 32.2. The Morgan fingerprint density at radius 1 is 1.16 bits per heavy atom. The molecular weight excluding hydrogens is 346 g/mol. The van der Waals surface area contributed by atoms with E-state index in [1.54, 1.807) is 18.5 Å². The first-order valence-electron chi connectivity index (χ1n) is 7.46. The molecule has 25 heavy (non-hydrogen) atoms. The van der Waals surface area contributed by atoms with E-state index in [1.807, 2.05) is 32.0 Å². The van der Waals surface area contributed by atoms with Crippen LogP contribution in [0.25, 0.3) is 0 Å². The number of aryl methyl sites for hydroxylation is 2. The van der Waals surface area contributed by atoms with Crippen molar-refractivity contribution in [2.45, 2.75) is 20.5 Å². The highest BCUT2D eigenvalue weighted by Crippen LogP contribution is 2.25. The number of carbonyl (C=O) groups excluding carboxylic acids is 1. The Morgan fingerprint density at radius 2 is 1.80 bits per heavy atom. The Morgan fingerprint density at radius 3 is 2.32 bits per heavy atom. The van der Waals surface area contributed by atoms with Crippen LogP contribution in [0.15, 0.2) is 36.7 Å². The fraction of sp³-hybridized carbons (Fsp3) is 0.312. The summed E-state index contributed by atoms with van der Waals surface area (Å²) in [5.74, 6) is -4.15. The first-order valence-corrected chi connectivity index (χ1v) is 9.28. The lowest BCUT2D eigenvalue weighted by Gasteiger charge is -2.26. The lowest BCUT2D eigenvalue weighted by molar-refractivity contribution is -0.134. The molecule has 1 N–H and O–H groups in total. The fourth-order valence-corrected chi connectivity index (χ4v) is 3.55. The minimum Gasteiger partial charge on any atom is -0.480 e. The quantitative estimate of drug-likeness (QED) is 0.784. The summed E-state index contributed by atoms with van der Waals surface area (Å²) in [6.07, 6.45) is 3.20. The zero-order chi connectivity index (χ0) is 18.6. The van der Waals surface area contributed by atoms with Crippen molar-refractivity contribution in [3.8, 4) is 0 Å². The SMILES string of the molecule is Cc1cccc(C)c1N(Cn1cccn1)C(=O)CS(=O)(=O)CC(=O)O. The van der Waals surface area contributed by atoms with Crippen molar-refractivity contribution in [3.05, 3.63) is 47.8 Å². The summed E-state index contributed by atoms with van der Waals surface area (Å²) < 4.78 is 25.3. The Hall–Kier alpha value is -2.68. The third kappa shape index (κ3) is 4.90. The molecule has 1 amide bonds. The number of carboxylic acids is 1. The van der Waals surface area contributed by atoms with Crippen molar-refractivity contribution in [1.29, 1.82) is 0 Å². The standard InChI is InChI=1S/C16H19N3O5S/c1-12-5-3-6-13(2)16(12)19(11-18-8-4-7-17-18)14(20)9-25(23,24)10-15(21)22/h3-8H,9-11H2,1-2H3,(H,21,22). The van der Waals surface area contributed by atoms with Crippen molar-refractivity contribution in [3.63, 3.8) is 0 Å². The molecule has 0 fully saturated rings. The van der Waals surface area contributed by atoms with E-state index in [0.717, 1.165) is 11.1 Å². The van der Waals surface area contributed by atoms with Crippen molar-refractivity contribution < 1.29 is 23.1 Å². The third-order valence-corrected chi connectivity index (χ3v) is 4.92. The molecule has 0 bridgehead atoms. The van der Waals surface area contributed by atoms with Crippen LogP contribution in [0.5, 0.6) is 0 Å². The number of para-hydroxylation sites is 1. The van der Waals surface area contributed by atoms with Crippen LogP contribution in [-0.4, -0.2) is 46.7 Å². The van der Waals surface area contributed by atoms with Gasteiger partial charge in [0.15, 0.2) is 9.84 Å². The second kappa shape index (κ2) is 7.47. The molecule has 1 heterocycles. The molecule has 0 saturated heterocycles. The van der Waals surface area contributed by atoms with Gasteiger partial charge in [-0.05, 0) is 31.0 Å². The predicted molar refractivity (Wildman–Crippen MR) is 91.9 cm³/mol. The highest BCUT2D eigenvalue weighted by molar-refractivity contribution is 7.92. The summed E-state index contributed by atoms with van der Waals surface area (Å²) >= 11 is 0. The third-order valence-electron chi connectivity index (χ3n) is 3.54. The van der Waals surface area contributed by atoms with Gasteiger partial charge in [-0.1, -0.05) is 18.2 Å². The Bertz CT molecular complexity index is 855. The number of aliphatic carboxylic acids is 1. The lowest BCUT2D eigenvalue weighted by atomic mass is 10.1. The molecule has 0 spiro atoms. The predicted octanol–water partition coefficient (Wildman–Crippen LogP) is 0.990. The number of sulfone groups is 1. The van der Waals surface area contributed by atoms with Gasteiger partial charge in [0.2, 0.25) is 5.91 Å². The van der Waals surface area contributed by atoms with E-state index in [1.165, 1.54) is 9.58 Å². The van der Waals surface area contributed by atoms with E-state index in [4.69, 9.17) is 5.11 Å². The summed E-state index contributed by atoms with van der Waals surface area (Å²) in [4.78, 5) is 24.7. The van der Waals surface area contributed by atoms with Gasteiger partial charge in [0.05, 0.1) is 5.69 Å². The van der Waals surface area contributed by atoms with Crippen molar-refractivity contribution >= 4 is 27.4 Å². The minimum absolute atomic E-state index is 0.0279. The highest BCUT2D eigenvalue weighted by Gasteiger charge is 2.27. The molecule has 0 aliphatic carbocycles. The van der Waals surface area contributed by atoms with Crippen LogP contribution in [0.1, 0.15) is 11.1 Å². The van der Waals surface area contributed by atoms with Crippen molar-refractivity contribution in [2.75, 3.05) is 16.4 Å². The molecule has 0 saturated carbocycles. The smallest absolute Gasteiger partial charge is 0.318 e. The maximum absolute atomic E-state index is 12.7. The van der Waals surface area contributed by atoms with Gasteiger partial charge in [0, 0.05) is 12.4 Å². The number of benzene rings is 1. The second-order valence-electron chi connectivity index (χ2n) is 5.68. The summed E-state index contributed by atoms with van der Waals surface area (Å²) in [6, 6.07) is 7.16. The van der Waals surface area contributed by atoms with Gasteiger partial charge in [-0.3, -0.25) is 19.2 Å². The topological polar surface area (TPSA) is 110 Å². The van der Waals surface area contributed by atoms with Crippen LogP contribution in [0.3, 0.4) is 0 Å². The molecule has 2 rings (SSSR count). The van der Waals surface area contributed by atoms with Crippen LogP contribution in [0, 0.1) is 13.8 Å². The Kier molecular flexibility index (Phi) is 5.58. The largest absolute Gasteiger partial charge is 0.480 e. The molecule has 0 atom stereocenters. The van der Waals surface area contributed by atoms with E-state index in [-0.39, 0.29) is 6.67 Å². The molecule has 134 valence electrons. The molecule has 0 unspecified atom stereocenters. The number of amides is 1. The molecule has 1 aromatic heterocycles. The molecular formula is C16H19N3O5S. The molecule has 8 nitrogen and oxygen atoms in total. The summed E-state index contributed by atoms with van der Waals surface area (Å²) in [5, 5.41) is 12.7. The zero-order valence-corrected chi connectivity index (χ0v) is 14.7. The number of anilines is 1. The van der Waals surface area contributed by atoms with E-state index >= 15 is 0 Å². The van der Waals surface area contributed by atoms with Crippen LogP contribution in [-0.2, 0) is 26.1 Å². The van der Waals surface area contributed by atoms with E-state index in [9.17, 15) is 18.0 Å². The molecule has 1 aromatic carbocycles. The second-order valence-corrected chi connectivity index (χ2v) is 7.74. The van der Waals surface area contributed by atoms with Crippen LogP contribution in [0.2, 0.25) is 0 Å². The van der Waals surface area contributed by atoms with Crippen LogP contribution >= 0.6 is 0 Å². The monoisotopic (exact) mass is 365 g/mol. The van der Waals surface area contributed by atoms with Crippen molar-refractivity contribution in [1.82, 2.24) is 9.78 Å². The molecule has 2 aromatic rings. The van der Waals surface area contributed by atoms with Gasteiger partial charge in [-0.15, -0.1) is 0 Å². The first-order chi connectivity index (χ1) is 11.7. The van der Waals surface area contributed by atoms with Gasteiger partial charge in [0.1, 0.15) is 18.2 Å². The maximum atomic E-state index is 12.7. The normalized spacial score (nSPS) is 11.3. The van der Waals surface area contributed by atoms with Gasteiger partial charge >= 0.3 is 5.97 Å². The van der Waals surface area contributed by atoms with Crippen LogP contribution in [0.4, 0.5) is 5.69 Å². The lowest BCUT2D eigenvalue weighted by Crippen LogP contribution is -2.39. The number of nitrogens with zero attached hydrogens (tertiary/aromatic N) is 3. The minimum atomic E-state index is -4.06. The number of hydrogen-bond donors (Lipinski definition) is 1. The number of carboxylic acid groups (broad SMARTS) is 1. The van der Waals surface area contributed by atoms with E-state index < -0.39 is 33.2 Å². The Labute approximate surface area is 145 Å². The zero-order valence-electron chi connectivity index (χ0n) is 13.9. The molecule has 0 radical (unpaired) electrons. The van der Waals surface area contributed by atoms with Gasteiger partial charge < -0.3 is 5.11 Å². The maximum Gasteiger partial charge on any atom is 0.318 e.